The summed E-state index contributed by atoms with van der Waals surface area (Å²) in [6.07, 6.45) is 1.47. The van der Waals surface area contributed by atoms with E-state index in [0.717, 1.165) is 16.8 Å². The first-order valence-electron chi connectivity index (χ1n) is 7.17. The second kappa shape index (κ2) is 6.64. The number of benzene rings is 1. The third-order valence-electron chi connectivity index (χ3n) is 3.66. The highest BCUT2D eigenvalue weighted by Gasteiger charge is 2.17. The van der Waals surface area contributed by atoms with Crippen molar-refractivity contribution in [2.45, 2.75) is 31.3 Å². The number of nitrogens with one attached hydrogen (secondary N) is 1. The average Bonchev–Trinajstić information content (AvgIpc) is 2.84. The van der Waals surface area contributed by atoms with Gasteiger partial charge in [-0.1, -0.05) is 17.7 Å². The van der Waals surface area contributed by atoms with Gasteiger partial charge < -0.3 is 9.67 Å². The number of aliphatic hydroxyl groups excluding tert-OH is 1. The lowest BCUT2D eigenvalue weighted by Crippen LogP contribution is -2.26. The standard InChI is InChI=1S/C16H22N2O3S/c1-12-6-7-16(13(2)11-12)22(20,21)17-9-8-15(19)14-5-4-10-18(14)3/h4-7,10-11,15,17,19H,8-9H2,1-3H3. The fourth-order valence-electron chi connectivity index (χ4n) is 2.48. The van der Waals surface area contributed by atoms with Gasteiger partial charge in [-0.3, -0.25) is 0 Å². The highest BCUT2D eigenvalue weighted by atomic mass is 32.2. The van der Waals surface area contributed by atoms with Gasteiger partial charge in [-0.2, -0.15) is 0 Å². The minimum absolute atomic E-state index is 0.183. The molecule has 5 nitrogen and oxygen atoms in total. The van der Waals surface area contributed by atoms with Gasteiger partial charge >= 0.3 is 0 Å². The molecule has 0 saturated heterocycles. The summed E-state index contributed by atoms with van der Waals surface area (Å²) in [7, 11) is -1.70. The van der Waals surface area contributed by atoms with E-state index in [1.165, 1.54) is 0 Å². The lowest BCUT2D eigenvalue weighted by Gasteiger charge is -2.13. The van der Waals surface area contributed by atoms with Crippen LogP contribution in [0.3, 0.4) is 0 Å². The first-order valence-corrected chi connectivity index (χ1v) is 8.66. The smallest absolute Gasteiger partial charge is 0.240 e. The van der Waals surface area contributed by atoms with Crippen molar-refractivity contribution in [2.75, 3.05) is 6.54 Å². The van der Waals surface area contributed by atoms with E-state index in [0.29, 0.717) is 6.42 Å². The lowest BCUT2D eigenvalue weighted by molar-refractivity contribution is 0.161. The molecule has 0 aliphatic carbocycles. The molecule has 0 aliphatic heterocycles. The zero-order chi connectivity index (χ0) is 16.3. The molecule has 0 spiro atoms. The molecule has 1 heterocycles. The van der Waals surface area contributed by atoms with Gasteiger partial charge in [0, 0.05) is 25.5 Å². The monoisotopic (exact) mass is 322 g/mol. The predicted octanol–water partition coefficient (Wildman–Crippen LogP) is 2.04. The number of aromatic nitrogens is 1. The van der Waals surface area contributed by atoms with Gasteiger partial charge in [0.1, 0.15) is 0 Å². The molecule has 2 rings (SSSR count). The number of aliphatic hydroxyl groups is 1. The summed E-state index contributed by atoms with van der Waals surface area (Å²) < 4.78 is 29.0. The van der Waals surface area contributed by atoms with Crippen LogP contribution in [0.2, 0.25) is 0 Å². The van der Waals surface area contributed by atoms with Crippen LogP contribution in [0.4, 0.5) is 0 Å². The quantitative estimate of drug-likeness (QED) is 0.855. The summed E-state index contributed by atoms with van der Waals surface area (Å²) in [4.78, 5) is 0.284. The Morgan fingerprint density at radius 3 is 2.59 bits per heavy atom. The van der Waals surface area contributed by atoms with Crippen LogP contribution in [0.15, 0.2) is 41.4 Å². The van der Waals surface area contributed by atoms with Crippen molar-refractivity contribution in [3.63, 3.8) is 0 Å². The highest BCUT2D eigenvalue weighted by molar-refractivity contribution is 7.89. The molecule has 1 aromatic heterocycles. The van der Waals surface area contributed by atoms with Crippen LogP contribution in [-0.2, 0) is 17.1 Å². The van der Waals surface area contributed by atoms with E-state index in [9.17, 15) is 13.5 Å². The summed E-state index contributed by atoms with van der Waals surface area (Å²) in [5, 5.41) is 10.1. The van der Waals surface area contributed by atoms with Crippen molar-refractivity contribution in [2.24, 2.45) is 7.05 Å². The molecule has 0 fully saturated rings. The predicted molar refractivity (Wildman–Crippen MR) is 86.1 cm³/mol. The van der Waals surface area contributed by atoms with E-state index in [-0.39, 0.29) is 11.4 Å². The molecule has 0 radical (unpaired) electrons. The Kier molecular flexibility index (Phi) is 5.05. The topological polar surface area (TPSA) is 71.3 Å². The van der Waals surface area contributed by atoms with Crippen molar-refractivity contribution in [1.82, 2.24) is 9.29 Å². The van der Waals surface area contributed by atoms with Crippen molar-refractivity contribution >= 4 is 10.0 Å². The average molecular weight is 322 g/mol. The third-order valence-corrected chi connectivity index (χ3v) is 5.28. The van der Waals surface area contributed by atoms with Crippen LogP contribution >= 0.6 is 0 Å². The number of hydrogen-bond acceptors (Lipinski definition) is 3. The molecule has 0 amide bonds. The molecule has 0 saturated carbocycles. The van der Waals surface area contributed by atoms with Gasteiger partial charge in [0.2, 0.25) is 10.0 Å². The maximum Gasteiger partial charge on any atom is 0.240 e. The van der Waals surface area contributed by atoms with E-state index in [1.807, 2.05) is 42.9 Å². The van der Waals surface area contributed by atoms with Crippen molar-refractivity contribution < 1.29 is 13.5 Å². The van der Waals surface area contributed by atoms with E-state index < -0.39 is 16.1 Å². The zero-order valence-corrected chi connectivity index (χ0v) is 13.9. The first kappa shape index (κ1) is 16.7. The van der Waals surface area contributed by atoms with Gasteiger partial charge in [0.25, 0.3) is 0 Å². The summed E-state index contributed by atoms with van der Waals surface area (Å²) >= 11 is 0. The van der Waals surface area contributed by atoms with Crippen LogP contribution < -0.4 is 4.72 Å². The number of nitrogens with zero attached hydrogens (tertiary/aromatic N) is 1. The van der Waals surface area contributed by atoms with Gasteiger partial charge in [-0.25, -0.2) is 13.1 Å². The van der Waals surface area contributed by atoms with Gasteiger partial charge in [-0.15, -0.1) is 0 Å². The second-order valence-electron chi connectivity index (χ2n) is 5.52. The van der Waals surface area contributed by atoms with Crippen molar-refractivity contribution in [1.29, 1.82) is 0 Å². The van der Waals surface area contributed by atoms with E-state index in [1.54, 1.807) is 19.1 Å². The Bertz CT molecular complexity index is 751. The molecule has 120 valence electrons. The number of sulfonamides is 1. The van der Waals surface area contributed by atoms with Crippen LogP contribution in [0.1, 0.15) is 29.3 Å². The van der Waals surface area contributed by atoms with Crippen molar-refractivity contribution in [3.05, 3.63) is 53.3 Å². The number of rotatable bonds is 6. The van der Waals surface area contributed by atoms with E-state index >= 15 is 0 Å². The molecule has 1 atom stereocenters. The Morgan fingerprint density at radius 2 is 2.00 bits per heavy atom. The molecule has 0 bridgehead atoms. The molecule has 22 heavy (non-hydrogen) atoms. The van der Waals surface area contributed by atoms with Gasteiger partial charge in [-0.05, 0) is 44.0 Å². The molecule has 1 unspecified atom stereocenters. The second-order valence-corrected chi connectivity index (χ2v) is 7.25. The maximum absolute atomic E-state index is 12.3. The molecular formula is C16H22N2O3S. The van der Waals surface area contributed by atoms with Crippen LogP contribution in [-0.4, -0.2) is 24.6 Å². The molecule has 1 aromatic carbocycles. The Labute approximate surface area is 131 Å². The number of hydrogen-bond donors (Lipinski definition) is 2. The molecular weight excluding hydrogens is 300 g/mol. The summed E-state index contributed by atoms with van der Waals surface area (Å²) in [5.41, 5.74) is 2.51. The van der Waals surface area contributed by atoms with Crippen LogP contribution in [0.25, 0.3) is 0 Å². The molecule has 2 N–H and O–H groups in total. The van der Waals surface area contributed by atoms with E-state index in [4.69, 9.17) is 0 Å². The van der Waals surface area contributed by atoms with E-state index in [2.05, 4.69) is 4.72 Å². The summed E-state index contributed by atoms with van der Waals surface area (Å²) in [5.74, 6) is 0. The third kappa shape index (κ3) is 3.76. The summed E-state index contributed by atoms with van der Waals surface area (Å²) in [6, 6.07) is 8.90. The molecule has 2 aromatic rings. The first-order chi connectivity index (χ1) is 10.3. The fourth-order valence-corrected chi connectivity index (χ4v) is 3.75. The largest absolute Gasteiger partial charge is 0.387 e. The van der Waals surface area contributed by atoms with Crippen LogP contribution in [0, 0.1) is 13.8 Å². The van der Waals surface area contributed by atoms with Crippen LogP contribution in [0.5, 0.6) is 0 Å². The maximum atomic E-state index is 12.3. The Morgan fingerprint density at radius 1 is 1.27 bits per heavy atom. The zero-order valence-electron chi connectivity index (χ0n) is 13.1. The normalized spacial score (nSPS) is 13.3. The highest BCUT2D eigenvalue weighted by Crippen LogP contribution is 2.18. The Hall–Kier alpha value is -1.63. The van der Waals surface area contributed by atoms with Gasteiger partial charge in [0.05, 0.1) is 11.0 Å². The fraction of sp³-hybridized carbons (Fsp3) is 0.375. The minimum Gasteiger partial charge on any atom is -0.387 e. The Balaban J connectivity index is 2.00. The molecule has 6 heteroatoms. The van der Waals surface area contributed by atoms with Gasteiger partial charge in [0.15, 0.2) is 0 Å². The summed E-state index contributed by atoms with van der Waals surface area (Å²) in [6.45, 7) is 3.88. The number of aryl methyl sites for hydroxylation is 3. The minimum atomic E-state index is -3.55. The molecule has 0 aliphatic rings. The lowest BCUT2D eigenvalue weighted by atomic mass is 10.2. The SMILES string of the molecule is Cc1ccc(S(=O)(=O)NCCC(O)c2cccn2C)c(C)c1. The van der Waals surface area contributed by atoms with Crippen molar-refractivity contribution in [3.8, 4) is 0 Å².